The lowest BCUT2D eigenvalue weighted by Gasteiger charge is -2.25. The number of carbonyl (C=O) groups excluding carboxylic acids is 2. The van der Waals surface area contributed by atoms with Crippen LogP contribution in [0.4, 0.5) is 5.69 Å². The number of halogens is 2. The molecule has 2 rings (SSSR count). The van der Waals surface area contributed by atoms with Crippen molar-refractivity contribution in [1.29, 1.82) is 0 Å². The molecule has 1 heterocycles. The van der Waals surface area contributed by atoms with E-state index in [1.54, 1.807) is 30.5 Å². The van der Waals surface area contributed by atoms with Crippen LogP contribution in [0.25, 0.3) is 0 Å². The smallest absolute Gasteiger partial charge is 0.355 e. The van der Waals surface area contributed by atoms with E-state index in [4.69, 9.17) is 32.7 Å². The number of anilines is 1. The van der Waals surface area contributed by atoms with Gasteiger partial charge in [0.15, 0.2) is 0 Å². The fourth-order valence-corrected chi connectivity index (χ4v) is 2.75. The SMILES string of the molecule is COC(=O)C1=C(C(=O)OC)N(c2c(Cl)ccc(C)c2Cl)C=CC=C1. The van der Waals surface area contributed by atoms with Gasteiger partial charge in [0.1, 0.15) is 5.70 Å². The maximum Gasteiger partial charge on any atom is 0.355 e. The van der Waals surface area contributed by atoms with Gasteiger partial charge in [0.2, 0.25) is 0 Å². The van der Waals surface area contributed by atoms with Crippen molar-refractivity contribution < 1.29 is 19.1 Å². The molecule has 5 nitrogen and oxygen atoms in total. The Labute approximate surface area is 149 Å². The van der Waals surface area contributed by atoms with E-state index in [1.807, 2.05) is 6.92 Å². The zero-order valence-corrected chi connectivity index (χ0v) is 14.8. The highest BCUT2D eigenvalue weighted by molar-refractivity contribution is 6.40. The number of benzene rings is 1. The van der Waals surface area contributed by atoms with E-state index in [1.165, 1.54) is 25.2 Å². The Kier molecular flexibility index (Phi) is 5.70. The summed E-state index contributed by atoms with van der Waals surface area (Å²) in [6.07, 6.45) is 6.29. The van der Waals surface area contributed by atoms with E-state index in [9.17, 15) is 9.59 Å². The van der Waals surface area contributed by atoms with Gasteiger partial charge in [-0.05, 0) is 30.7 Å². The van der Waals surface area contributed by atoms with Gasteiger partial charge in [-0.2, -0.15) is 0 Å². The second-order valence-electron chi connectivity index (χ2n) is 4.84. The summed E-state index contributed by atoms with van der Waals surface area (Å²) in [6, 6.07) is 3.42. The van der Waals surface area contributed by atoms with Crippen LogP contribution in [0.3, 0.4) is 0 Å². The molecular weight excluding hydrogens is 353 g/mol. The monoisotopic (exact) mass is 367 g/mol. The highest BCUT2D eigenvalue weighted by atomic mass is 35.5. The summed E-state index contributed by atoms with van der Waals surface area (Å²) in [6.45, 7) is 1.81. The molecule has 0 amide bonds. The molecule has 24 heavy (non-hydrogen) atoms. The van der Waals surface area contributed by atoms with Crippen LogP contribution in [0.15, 0.2) is 47.8 Å². The van der Waals surface area contributed by atoms with Gasteiger partial charge in [-0.1, -0.05) is 35.3 Å². The number of nitrogens with zero attached hydrogens (tertiary/aromatic N) is 1. The number of carbonyl (C=O) groups is 2. The Morgan fingerprint density at radius 1 is 1.04 bits per heavy atom. The minimum absolute atomic E-state index is 0.0305. The van der Waals surface area contributed by atoms with Gasteiger partial charge in [0, 0.05) is 6.20 Å². The second kappa shape index (κ2) is 7.55. The molecular formula is C17H15Cl2NO4. The van der Waals surface area contributed by atoms with Gasteiger partial charge in [-0.3, -0.25) is 0 Å². The molecule has 0 saturated heterocycles. The van der Waals surface area contributed by atoms with Crippen LogP contribution < -0.4 is 4.90 Å². The zero-order chi connectivity index (χ0) is 17.9. The van der Waals surface area contributed by atoms with Gasteiger partial charge in [0.05, 0.1) is 35.5 Å². The van der Waals surface area contributed by atoms with Gasteiger partial charge in [-0.15, -0.1) is 0 Å². The topological polar surface area (TPSA) is 55.8 Å². The van der Waals surface area contributed by atoms with Crippen molar-refractivity contribution in [3.05, 3.63) is 63.4 Å². The summed E-state index contributed by atoms with van der Waals surface area (Å²) in [5, 5.41) is 0.683. The minimum atomic E-state index is -0.722. The quantitative estimate of drug-likeness (QED) is 0.760. The summed E-state index contributed by atoms with van der Waals surface area (Å²) in [7, 11) is 2.45. The molecule has 126 valence electrons. The minimum Gasteiger partial charge on any atom is -0.465 e. The average Bonchev–Trinajstić information content (AvgIpc) is 2.80. The van der Waals surface area contributed by atoms with Crippen molar-refractivity contribution in [2.45, 2.75) is 6.92 Å². The van der Waals surface area contributed by atoms with E-state index in [-0.39, 0.29) is 11.3 Å². The molecule has 7 heteroatoms. The molecule has 0 unspecified atom stereocenters. The van der Waals surface area contributed by atoms with Crippen LogP contribution in [0, 0.1) is 6.92 Å². The number of hydrogen-bond acceptors (Lipinski definition) is 5. The lowest BCUT2D eigenvalue weighted by atomic mass is 10.1. The largest absolute Gasteiger partial charge is 0.465 e. The van der Waals surface area contributed by atoms with Crippen LogP contribution in [-0.2, 0) is 19.1 Å². The zero-order valence-electron chi connectivity index (χ0n) is 13.3. The van der Waals surface area contributed by atoms with Gasteiger partial charge >= 0.3 is 11.9 Å². The molecule has 1 aromatic rings. The molecule has 0 fully saturated rings. The van der Waals surface area contributed by atoms with Crippen molar-refractivity contribution in [3.8, 4) is 0 Å². The van der Waals surface area contributed by atoms with Crippen molar-refractivity contribution in [1.82, 2.24) is 0 Å². The van der Waals surface area contributed by atoms with Gasteiger partial charge in [-0.25, -0.2) is 9.59 Å². The highest BCUT2D eigenvalue weighted by Crippen LogP contribution is 2.39. The summed E-state index contributed by atoms with van der Waals surface area (Å²) < 4.78 is 9.59. The highest BCUT2D eigenvalue weighted by Gasteiger charge is 2.29. The van der Waals surface area contributed by atoms with E-state index in [2.05, 4.69) is 0 Å². The molecule has 0 bridgehead atoms. The molecule has 0 N–H and O–H groups in total. The fraction of sp³-hybridized carbons (Fsp3) is 0.176. The number of allylic oxidation sites excluding steroid dienone is 2. The Morgan fingerprint density at radius 2 is 1.71 bits per heavy atom. The Morgan fingerprint density at radius 3 is 2.33 bits per heavy atom. The van der Waals surface area contributed by atoms with Crippen LogP contribution in [0.5, 0.6) is 0 Å². The predicted molar refractivity (Wildman–Crippen MR) is 93.0 cm³/mol. The molecule has 1 aromatic carbocycles. The standard InChI is InChI=1S/C17H15Cl2NO4/c1-10-7-8-12(18)15(13(10)19)20-9-5-4-6-11(16(21)23-2)14(20)17(22)24-3/h4-9H,1-3H3. The number of rotatable bonds is 3. The number of methoxy groups -OCH3 is 2. The fourth-order valence-electron chi connectivity index (χ4n) is 2.20. The molecule has 0 radical (unpaired) electrons. The molecule has 1 aliphatic rings. The number of hydrogen-bond donors (Lipinski definition) is 0. The van der Waals surface area contributed by atoms with Crippen LogP contribution in [0.1, 0.15) is 5.56 Å². The molecule has 0 saturated carbocycles. The van der Waals surface area contributed by atoms with Crippen molar-refractivity contribution >= 4 is 40.8 Å². The third-order valence-corrected chi connectivity index (χ3v) is 4.17. The van der Waals surface area contributed by atoms with Crippen molar-refractivity contribution in [2.75, 3.05) is 19.1 Å². The molecule has 0 atom stereocenters. The Hall–Kier alpha value is -2.24. The van der Waals surface area contributed by atoms with Crippen LogP contribution in [-0.4, -0.2) is 26.2 Å². The van der Waals surface area contributed by atoms with E-state index >= 15 is 0 Å². The summed E-state index contributed by atoms with van der Waals surface area (Å²) >= 11 is 12.7. The van der Waals surface area contributed by atoms with Crippen molar-refractivity contribution in [2.24, 2.45) is 0 Å². The van der Waals surface area contributed by atoms with Crippen LogP contribution in [0.2, 0.25) is 10.0 Å². The first-order valence-corrected chi connectivity index (χ1v) is 7.67. The number of ether oxygens (including phenoxy) is 2. The van der Waals surface area contributed by atoms with Crippen molar-refractivity contribution in [3.63, 3.8) is 0 Å². The van der Waals surface area contributed by atoms with E-state index < -0.39 is 11.9 Å². The first kappa shape index (κ1) is 18.1. The van der Waals surface area contributed by atoms with Crippen LogP contribution >= 0.6 is 23.2 Å². The number of esters is 2. The Balaban J connectivity index is 2.78. The number of aryl methyl sites for hydroxylation is 1. The lowest BCUT2D eigenvalue weighted by Crippen LogP contribution is -2.27. The average molecular weight is 368 g/mol. The molecule has 0 spiro atoms. The maximum atomic E-state index is 12.4. The third kappa shape index (κ3) is 3.32. The van der Waals surface area contributed by atoms with Gasteiger partial charge < -0.3 is 14.4 Å². The molecule has 0 aromatic heterocycles. The maximum absolute atomic E-state index is 12.4. The third-order valence-electron chi connectivity index (χ3n) is 3.39. The van der Waals surface area contributed by atoms with Gasteiger partial charge in [0.25, 0.3) is 0 Å². The molecule has 0 aliphatic carbocycles. The normalized spacial score (nSPS) is 13.8. The first-order chi connectivity index (χ1) is 11.4. The predicted octanol–water partition coefficient (Wildman–Crippen LogP) is 3.79. The summed E-state index contributed by atoms with van der Waals surface area (Å²) in [5.41, 5.74) is 1.14. The first-order valence-electron chi connectivity index (χ1n) is 6.92. The lowest BCUT2D eigenvalue weighted by molar-refractivity contribution is -0.139. The molecule has 1 aliphatic heterocycles. The summed E-state index contributed by atoms with van der Waals surface area (Å²) in [5.74, 6) is -1.40. The van der Waals surface area contributed by atoms with E-state index in [0.29, 0.717) is 15.7 Å². The summed E-state index contributed by atoms with van der Waals surface area (Å²) in [4.78, 5) is 25.9. The second-order valence-corrected chi connectivity index (χ2v) is 5.63. The Bertz CT molecular complexity index is 781. The van der Waals surface area contributed by atoms with E-state index in [0.717, 1.165) is 5.56 Å².